The van der Waals surface area contributed by atoms with Crippen LogP contribution < -0.4 is 10.6 Å². The first-order valence-electron chi connectivity index (χ1n) is 8.01. The monoisotopic (exact) mass is 352 g/mol. The molecule has 1 heterocycles. The van der Waals surface area contributed by atoms with Crippen LogP contribution >= 0.6 is 0 Å². The molecule has 0 amide bonds. The van der Waals surface area contributed by atoms with Gasteiger partial charge in [-0.05, 0) is 36.2 Å². The topological polar surface area (TPSA) is 87.1 Å². The fourth-order valence-electron chi connectivity index (χ4n) is 2.43. The number of halogens is 1. The van der Waals surface area contributed by atoms with Crippen molar-refractivity contribution in [2.45, 2.75) is 6.42 Å². The number of aromatic carboxylic acids is 1. The molecule has 0 saturated carbocycles. The summed E-state index contributed by atoms with van der Waals surface area (Å²) in [6.07, 6.45) is 1.93. The molecule has 0 spiro atoms. The lowest BCUT2D eigenvalue weighted by Crippen LogP contribution is -2.08. The zero-order valence-electron chi connectivity index (χ0n) is 13.8. The summed E-state index contributed by atoms with van der Waals surface area (Å²) in [5.74, 6) is -0.103. The van der Waals surface area contributed by atoms with Crippen LogP contribution in [0, 0.1) is 5.82 Å². The molecule has 3 N–H and O–H groups in total. The van der Waals surface area contributed by atoms with Crippen LogP contribution in [0.1, 0.15) is 15.9 Å². The lowest BCUT2D eigenvalue weighted by Gasteiger charge is -2.09. The van der Waals surface area contributed by atoms with Gasteiger partial charge < -0.3 is 15.7 Å². The summed E-state index contributed by atoms with van der Waals surface area (Å²) in [6.45, 7) is 0.520. The predicted octanol–water partition coefficient (Wildman–Crippen LogP) is 3.71. The Morgan fingerprint density at radius 2 is 1.85 bits per heavy atom. The smallest absolute Gasteiger partial charge is 0.335 e. The maximum atomic E-state index is 13.6. The van der Waals surface area contributed by atoms with Gasteiger partial charge in [0.05, 0.1) is 5.56 Å². The van der Waals surface area contributed by atoms with Crippen molar-refractivity contribution in [2.24, 2.45) is 0 Å². The van der Waals surface area contributed by atoms with Gasteiger partial charge in [-0.2, -0.15) is 0 Å². The van der Waals surface area contributed by atoms with E-state index in [1.807, 2.05) is 0 Å². The SMILES string of the molecule is O=C(O)c1cccc(Nc2cc(NCCc3ccccc3F)ncn2)c1. The molecule has 7 heteroatoms. The van der Waals surface area contributed by atoms with Crippen molar-refractivity contribution in [1.29, 1.82) is 0 Å². The fraction of sp³-hybridized carbons (Fsp3) is 0.105. The van der Waals surface area contributed by atoms with Crippen LogP contribution in [0.15, 0.2) is 60.9 Å². The van der Waals surface area contributed by atoms with Crippen molar-refractivity contribution in [2.75, 3.05) is 17.2 Å². The standard InChI is InChI=1S/C19H17FN4O2/c20-16-7-2-1-4-13(16)8-9-21-17-11-18(23-12-22-17)24-15-6-3-5-14(10-15)19(25)26/h1-7,10-12H,8-9H2,(H,25,26)(H2,21,22,23,24). The molecule has 6 nitrogen and oxygen atoms in total. The average Bonchev–Trinajstić information content (AvgIpc) is 2.64. The van der Waals surface area contributed by atoms with Gasteiger partial charge in [0, 0.05) is 18.3 Å². The van der Waals surface area contributed by atoms with Gasteiger partial charge in [-0.15, -0.1) is 0 Å². The number of hydrogen-bond acceptors (Lipinski definition) is 5. The lowest BCUT2D eigenvalue weighted by molar-refractivity contribution is 0.0697. The normalized spacial score (nSPS) is 10.3. The Bertz CT molecular complexity index is 917. The van der Waals surface area contributed by atoms with Gasteiger partial charge in [-0.1, -0.05) is 24.3 Å². The summed E-state index contributed by atoms with van der Waals surface area (Å²) >= 11 is 0. The van der Waals surface area contributed by atoms with Gasteiger partial charge in [0.2, 0.25) is 0 Å². The number of carbonyl (C=O) groups is 1. The summed E-state index contributed by atoms with van der Waals surface area (Å²) in [5.41, 5.74) is 1.44. The molecule has 0 atom stereocenters. The lowest BCUT2D eigenvalue weighted by atomic mass is 10.1. The number of hydrogen-bond donors (Lipinski definition) is 3. The molecule has 0 aliphatic rings. The second-order valence-corrected chi connectivity index (χ2v) is 5.57. The van der Waals surface area contributed by atoms with E-state index in [0.29, 0.717) is 35.9 Å². The van der Waals surface area contributed by atoms with Crippen molar-refractivity contribution in [1.82, 2.24) is 9.97 Å². The summed E-state index contributed by atoms with van der Waals surface area (Å²) in [4.78, 5) is 19.3. The third-order valence-electron chi connectivity index (χ3n) is 3.71. The number of aromatic nitrogens is 2. The van der Waals surface area contributed by atoms with Crippen molar-refractivity contribution in [3.8, 4) is 0 Å². The molecule has 0 radical (unpaired) electrons. The molecular weight excluding hydrogens is 335 g/mol. The second-order valence-electron chi connectivity index (χ2n) is 5.57. The Hall–Kier alpha value is -3.48. The van der Waals surface area contributed by atoms with E-state index >= 15 is 0 Å². The van der Waals surface area contributed by atoms with Crippen LogP contribution in [-0.2, 0) is 6.42 Å². The van der Waals surface area contributed by atoms with Crippen molar-refractivity contribution in [3.63, 3.8) is 0 Å². The molecule has 3 rings (SSSR count). The van der Waals surface area contributed by atoms with Gasteiger partial charge in [0.15, 0.2) is 0 Å². The maximum absolute atomic E-state index is 13.6. The van der Waals surface area contributed by atoms with Crippen LogP contribution in [0.5, 0.6) is 0 Å². The average molecular weight is 352 g/mol. The Morgan fingerprint density at radius 3 is 2.65 bits per heavy atom. The Balaban J connectivity index is 1.62. The zero-order chi connectivity index (χ0) is 18.4. The van der Waals surface area contributed by atoms with Crippen molar-refractivity contribution in [3.05, 3.63) is 77.9 Å². The zero-order valence-corrected chi connectivity index (χ0v) is 13.8. The molecule has 132 valence electrons. The van der Waals surface area contributed by atoms with Crippen LogP contribution in [0.25, 0.3) is 0 Å². The molecule has 3 aromatic rings. The summed E-state index contributed by atoms with van der Waals surface area (Å²) in [7, 11) is 0. The maximum Gasteiger partial charge on any atom is 0.335 e. The third kappa shape index (κ3) is 4.54. The van der Waals surface area contributed by atoms with Gasteiger partial charge in [0.1, 0.15) is 23.8 Å². The molecule has 2 aromatic carbocycles. The second kappa shape index (κ2) is 8.06. The predicted molar refractivity (Wildman–Crippen MR) is 97.3 cm³/mol. The van der Waals surface area contributed by atoms with Crippen LogP contribution in [0.2, 0.25) is 0 Å². The van der Waals surface area contributed by atoms with Gasteiger partial charge in [-0.25, -0.2) is 19.2 Å². The number of benzene rings is 2. The Kier molecular flexibility index (Phi) is 5.38. The molecule has 1 aromatic heterocycles. The Morgan fingerprint density at radius 1 is 1.04 bits per heavy atom. The number of anilines is 3. The highest BCUT2D eigenvalue weighted by atomic mass is 19.1. The van der Waals surface area contributed by atoms with Gasteiger partial charge in [0.25, 0.3) is 0 Å². The van der Waals surface area contributed by atoms with E-state index in [-0.39, 0.29) is 11.4 Å². The van der Waals surface area contributed by atoms with E-state index in [0.717, 1.165) is 0 Å². The highest BCUT2D eigenvalue weighted by Crippen LogP contribution is 2.18. The molecule has 26 heavy (non-hydrogen) atoms. The minimum Gasteiger partial charge on any atom is -0.478 e. The first kappa shape index (κ1) is 17.3. The first-order chi connectivity index (χ1) is 12.6. The van der Waals surface area contributed by atoms with Crippen molar-refractivity contribution < 1.29 is 14.3 Å². The Labute approximate surface area is 149 Å². The van der Waals surface area contributed by atoms with Gasteiger partial charge >= 0.3 is 5.97 Å². The van der Waals surface area contributed by atoms with E-state index in [1.165, 1.54) is 24.5 Å². The number of nitrogens with one attached hydrogen (secondary N) is 2. The minimum atomic E-state index is -0.994. The van der Waals surface area contributed by atoms with E-state index < -0.39 is 5.97 Å². The van der Waals surface area contributed by atoms with Crippen LogP contribution in [0.3, 0.4) is 0 Å². The van der Waals surface area contributed by atoms with E-state index in [4.69, 9.17) is 5.11 Å². The largest absolute Gasteiger partial charge is 0.478 e. The first-order valence-corrected chi connectivity index (χ1v) is 8.01. The van der Waals surface area contributed by atoms with E-state index in [9.17, 15) is 9.18 Å². The fourth-order valence-corrected chi connectivity index (χ4v) is 2.43. The molecular formula is C19H17FN4O2. The molecule has 0 bridgehead atoms. The highest BCUT2D eigenvalue weighted by molar-refractivity contribution is 5.89. The number of rotatable bonds is 7. The van der Waals surface area contributed by atoms with Gasteiger partial charge in [-0.3, -0.25) is 0 Å². The number of nitrogens with zero attached hydrogens (tertiary/aromatic N) is 2. The molecule has 0 saturated heterocycles. The summed E-state index contributed by atoms with van der Waals surface area (Å²) < 4.78 is 13.6. The number of carboxylic acids is 1. The molecule has 0 aliphatic carbocycles. The van der Waals surface area contributed by atoms with Crippen molar-refractivity contribution >= 4 is 23.3 Å². The van der Waals surface area contributed by atoms with E-state index in [1.54, 1.807) is 36.4 Å². The van der Waals surface area contributed by atoms with Crippen LogP contribution in [0.4, 0.5) is 21.7 Å². The minimum absolute atomic E-state index is 0.187. The third-order valence-corrected chi connectivity index (χ3v) is 3.71. The summed E-state index contributed by atoms with van der Waals surface area (Å²) in [6, 6.07) is 14.8. The number of carboxylic acid groups (broad SMARTS) is 1. The molecule has 0 fully saturated rings. The highest BCUT2D eigenvalue weighted by Gasteiger charge is 2.05. The van der Waals surface area contributed by atoms with Crippen LogP contribution in [-0.4, -0.2) is 27.6 Å². The molecule has 0 aliphatic heterocycles. The summed E-state index contributed by atoms with van der Waals surface area (Å²) in [5, 5.41) is 15.2. The quantitative estimate of drug-likeness (QED) is 0.601. The molecule has 0 unspecified atom stereocenters. The van der Waals surface area contributed by atoms with E-state index in [2.05, 4.69) is 20.6 Å².